The van der Waals surface area contributed by atoms with Crippen molar-refractivity contribution >= 4 is 0 Å². The van der Waals surface area contributed by atoms with Gasteiger partial charge in [-0.1, -0.05) is 24.3 Å². The lowest BCUT2D eigenvalue weighted by atomic mass is 9.82. The second-order valence-corrected chi connectivity index (χ2v) is 2.78. The summed E-state index contributed by atoms with van der Waals surface area (Å²) in [6.07, 6.45) is -0.0743. The summed E-state index contributed by atoms with van der Waals surface area (Å²) >= 11 is 0. The summed E-state index contributed by atoms with van der Waals surface area (Å²) in [7, 11) is 0. The van der Waals surface area contributed by atoms with Crippen LogP contribution in [-0.4, -0.2) is 11.7 Å². The van der Waals surface area contributed by atoms with Gasteiger partial charge in [0.2, 0.25) is 0 Å². The van der Waals surface area contributed by atoms with E-state index in [-0.39, 0.29) is 0 Å². The molecule has 0 fully saturated rings. The second kappa shape index (κ2) is 2.89. The van der Waals surface area contributed by atoms with Gasteiger partial charge in [-0.3, -0.25) is 0 Å². The molecule has 0 aromatic heterocycles. The Morgan fingerprint density at radius 2 is 2.00 bits per heavy atom. The van der Waals surface area contributed by atoms with Crippen LogP contribution in [0.3, 0.4) is 0 Å². The molecule has 2 atom stereocenters. The molecule has 0 saturated heterocycles. The highest BCUT2D eigenvalue weighted by Gasteiger charge is 2.55. The standard InChI is InChI=1S/C8H7F3N2/c9-8(10,11)7(13)4-2-1-3-6(7)5-12/h1-4,6H,13H2. The van der Waals surface area contributed by atoms with Crippen molar-refractivity contribution in [3.63, 3.8) is 0 Å². The maximum atomic E-state index is 12.4. The van der Waals surface area contributed by atoms with E-state index in [0.717, 1.165) is 12.2 Å². The van der Waals surface area contributed by atoms with Crippen LogP contribution in [0.25, 0.3) is 0 Å². The van der Waals surface area contributed by atoms with Gasteiger partial charge in [0.25, 0.3) is 0 Å². The molecule has 0 amide bonds. The molecule has 0 aromatic rings. The van der Waals surface area contributed by atoms with Gasteiger partial charge < -0.3 is 5.73 Å². The summed E-state index contributed by atoms with van der Waals surface area (Å²) in [5.74, 6) is -1.35. The highest BCUT2D eigenvalue weighted by atomic mass is 19.4. The molecule has 13 heavy (non-hydrogen) atoms. The Bertz CT molecular complexity index is 297. The van der Waals surface area contributed by atoms with Crippen molar-refractivity contribution in [1.82, 2.24) is 0 Å². The van der Waals surface area contributed by atoms with Gasteiger partial charge in [0.1, 0.15) is 0 Å². The van der Waals surface area contributed by atoms with Crippen LogP contribution in [0.15, 0.2) is 24.3 Å². The molecule has 1 aliphatic carbocycles. The lowest BCUT2D eigenvalue weighted by Gasteiger charge is -2.32. The van der Waals surface area contributed by atoms with E-state index < -0.39 is 17.6 Å². The van der Waals surface area contributed by atoms with Crippen molar-refractivity contribution in [2.24, 2.45) is 11.7 Å². The van der Waals surface area contributed by atoms with E-state index in [2.05, 4.69) is 0 Å². The number of hydrogen-bond donors (Lipinski definition) is 1. The Morgan fingerprint density at radius 3 is 2.38 bits per heavy atom. The topological polar surface area (TPSA) is 49.8 Å². The van der Waals surface area contributed by atoms with Crippen molar-refractivity contribution < 1.29 is 13.2 Å². The Balaban J connectivity index is 3.09. The summed E-state index contributed by atoms with van der Waals surface area (Å²) in [5.41, 5.74) is 2.56. The predicted molar refractivity (Wildman–Crippen MR) is 40.4 cm³/mol. The second-order valence-electron chi connectivity index (χ2n) is 2.78. The fraction of sp³-hybridized carbons (Fsp3) is 0.375. The van der Waals surface area contributed by atoms with Gasteiger partial charge in [-0.2, -0.15) is 18.4 Å². The predicted octanol–water partition coefficient (Wildman–Crippen LogP) is 1.51. The third-order valence-corrected chi connectivity index (χ3v) is 1.93. The van der Waals surface area contributed by atoms with Crippen molar-refractivity contribution in [3.05, 3.63) is 24.3 Å². The Hall–Kier alpha value is -1.28. The molecule has 1 aliphatic rings. The number of hydrogen-bond acceptors (Lipinski definition) is 2. The number of nitriles is 1. The van der Waals surface area contributed by atoms with Crippen LogP contribution >= 0.6 is 0 Å². The average molecular weight is 188 g/mol. The maximum absolute atomic E-state index is 12.4. The van der Waals surface area contributed by atoms with Crippen LogP contribution in [0.2, 0.25) is 0 Å². The van der Waals surface area contributed by atoms with Gasteiger partial charge in [-0.15, -0.1) is 0 Å². The fourth-order valence-corrected chi connectivity index (χ4v) is 1.07. The van der Waals surface area contributed by atoms with E-state index in [1.165, 1.54) is 18.2 Å². The van der Waals surface area contributed by atoms with E-state index in [1.54, 1.807) is 0 Å². The van der Waals surface area contributed by atoms with Crippen LogP contribution < -0.4 is 5.73 Å². The van der Waals surface area contributed by atoms with E-state index in [0.29, 0.717) is 0 Å². The molecule has 0 radical (unpaired) electrons. The highest BCUT2D eigenvalue weighted by molar-refractivity contribution is 5.30. The number of allylic oxidation sites excluding steroid dienone is 2. The average Bonchev–Trinajstić information content (AvgIpc) is 2.03. The molecular weight excluding hydrogens is 181 g/mol. The molecule has 0 aliphatic heterocycles. The molecule has 0 heterocycles. The SMILES string of the molecule is N#CC1C=CC=CC1(N)C(F)(F)F. The number of nitrogens with zero attached hydrogens (tertiary/aromatic N) is 1. The Kier molecular flexibility index (Phi) is 2.18. The molecule has 0 saturated carbocycles. The molecule has 2 N–H and O–H groups in total. The number of halogens is 3. The smallest absolute Gasteiger partial charge is 0.313 e. The van der Waals surface area contributed by atoms with Gasteiger partial charge in [0, 0.05) is 0 Å². The largest absolute Gasteiger partial charge is 0.411 e. The highest BCUT2D eigenvalue weighted by Crippen LogP contribution is 2.37. The molecule has 2 nitrogen and oxygen atoms in total. The third kappa shape index (κ3) is 1.45. The van der Waals surface area contributed by atoms with Gasteiger partial charge in [-0.05, 0) is 0 Å². The van der Waals surface area contributed by atoms with Gasteiger partial charge in [-0.25, -0.2) is 0 Å². The van der Waals surface area contributed by atoms with Crippen LogP contribution in [0.5, 0.6) is 0 Å². The summed E-state index contributed by atoms with van der Waals surface area (Å²) in [6, 6.07) is 1.52. The quantitative estimate of drug-likeness (QED) is 0.626. The molecule has 70 valence electrons. The minimum atomic E-state index is -4.60. The lowest BCUT2D eigenvalue weighted by molar-refractivity contribution is -0.177. The zero-order chi connectivity index (χ0) is 10.1. The zero-order valence-corrected chi connectivity index (χ0v) is 6.55. The molecule has 0 spiro atoms. The third-order valence-electron chi connectivity index (χ3n) is 1.93. The van der Waals surface area contributed by atoms with Gasteiger partial charge in [0.05, 0.1) is 12.0 Å². The minimum Gasteiger partial charge on any atom is -0.313 e. The van der Waals surface area contributed by atoms with E-state index >= 15 is 0 Å². The number of nitrogens with two attached hydrogens (primary N) is 1. The fourth-order valence-electron chi connectivity index (χ4n) is 1.07. The number of alkyl halides is 3. The van der Waals surface area contributed by atoms with Crippen molar-refractivity contribution in [3.8, 4) is 6.07 Å². The Morgan fingerprint density at radius 1 is 1.38 bits per heavy atom. The monoisotopic (exact) mass is 188 g/mol. The van der Waals surface area contributed by atoms with E-state index in [9.17, 15) is 13.2 Å². The van der Waals surface area contributed by atoms with Gasteiger partial charge in [0.15, 0.2) is 5.54 Å². The first-order chi connectivity index (χ1) is 5.92. The summed E-state index contributed by atoms with van der Waals surface area (Å²) < 4.78 is 37.2. The van der Waals surface area contributed by atoms with Crippen LogP contribution in [0.4, 0.5) is 13.2 Å². The molecule has 0 aromatic carbocycles. The summed E-state index contributed by atoms with van der Waals surface area (Å²) in [6.45, 7) is 0. The number of rotatable bonds is 0. The summed E-state index contributed by atoms with van der Waals surface area (Å²) in [5, 5.41) is 8.47. The Labute approximate surface area is 73.1 Å². The van der Waals surface area contributed by atoms with E-state index in [1.807, 2.05) is 0 Å². The summed E-state index contributed by atoms with van der Waals surface area (Å²) in [4.78, 5) is 0. The van der Waals surface area contributed by atoms with Crippen molar-refractivity contribution in [1.29, 1.82) is 5.26 Å². The van der Waals surface area contributed by atoms with Crippen molar-refractivity contribution in [2.75, 3.05) is 0 Å². The molecule has 5 heteroatoms. The molecule has 1 rings (SSSR count). The van der Waals surface area contributed by atoms with Gasteiger partial charge >= 0.3 is 6.18 Å². The first kappa shape index (κ1) is 9.81. The molecule has 2 unspecified atom stereocenters. The van der Waals surface area contributed by atoms with Crippen LogP contribution in [0, 0.1) is 17.2 Å². The zero-order valence-electron chi connectivity index (χ0n) is 6.55. The molecule has 0 bridgehead atoms. The van der Waals surface area contributed by atoms with Crippen molar-refractivity contribution in [2.45, 2.75) is 11.7 Å². The normalized spacial score (nSPS) is 33.0. The minimum absolute atomic E-state index is 0.806. The van der Waals surface area contributed by atoms with Crippen LogP contribution in [-0.2, 0) is 0 Å². The lowest BCUT2D eigenvalue weighted by Crippen LogP contribution is -2.57. The first-order valence-electron chi connectivity index (χ1n) is 3.53. The molecular formula is C8H7F3N2. The van der Waals surface area contributed by atoms with Crippen LogP contribution in [0.1, 0.15) is 0 Å². The first-order valence-corrected chi connectivity index (χ1v) is 3.53. The van der Waals surface area contributed by atoms with E-state index in [4.69, 9.17) is 11.0 Å². The maximum Gasteiger partial charge on any atom is 0.411 e.